The molecule has 0 aromatic rings. The summed E-state index contributed by atoms with van der Waals surface area (Å²) in [5, 5.41) is 3.05. The molecule has 2 atom stereocenters. The molecule has 0 heterocycles. The molecule has 82 valence electrons. The minimum atomic E-state index is -0.0339. The standard InChI is InChI=1S/C11H22N2O/c1-3-10(7-9-4-5-9)13-11(14)6-8(2)12/h8-10H,3-7,12H2,1-2H3,(H,13,14). The second-order valence-corrected chi connectivity index (χ2v) is 4.53. The van der Waals surface area contributed by atoms with Gasteiger partial charge >= 0.3 is 0 Å². The molecule has 0 radical (unpaired) electrons. The maximum Gasteiger partial charge on any atom is 0.221 e. The van der Waals surface area contributed by atoms with Crippen LogP contribution in [0.1, 0.15) is 46.0 Å². The van der Waals surface area contributed by atoms with E-state index in [0.29, 0.717) is 12.5 Å². The van der Waals surface area contributed by atoms with Gasteiger partial charge in [0.05, 0.1) is 0 Å². The first-order valence-electron chi connectivity index (χ1n) is 5.66. The second-order valence-electron chi connectivity index (χ2n) is 4.53. The molecule has 1 aliphatic rings. The van der Waals surface area contributed by atoms with E-state index >= 15 is 0 Å². The lowest BCUT2D eigenvalue weighted by molar-refractivity contribution is -0.122. The van der Waals surface area contributed by atoms with Crippen molar-refractivity contribution in [2.45, 2.75) is 58.0 Å². The van der Waals surface area contributed by atoms with Crippen LogP contribution in [0, 0.1) is 5.92 Å². The lowest BCUT2D eigenvalue weighted by Crippen LogP contribution is -2.37. The third kappa shape index (κ3) is 4.61. The van der Waals surface area contributed by atoms with Crippen LogP contribution in [0.25, 0.3) is 0 Å². The zero-order valence-electron chi connectivity index (χ0n) is 9.25. The number of hydrogen-bond acceptors (Lipinski definition) is 2. The van der Waals surface area contributed by atoms with Crippen LogP contribution in [0.2, 0.25) is 0 Å². The highest BCUT2D eigenvalue weighted by molar-refractivity contribution is 5.76. The highest BCUT2D eigenvalue weighted by Gasteiger charge is 2.25. The Morgan fingerprint density at radius 1 is 1.57 bits per heavy atom. The zero-order chi connectivity index (χ0) is 10.6. The summed E-state index contributed by atoms with van der Waals surface area (Å²) in [6, 6.07) is 0.335. The van der Waals surface area contributed by atoms with E-state index < -0.39 is 0 Å². The monoisotopic (exact) mass is 198 g/mol. The Balaban J connectivity index is 2.20. The summed E-state index contributed by atoms with van der Waals surface area (Å²) in [4.78, 5) is 11.4. The van der Waals surface area contributed by atoms with Crippen molar-refractivity contribution in [3.63, 3.8) is 0 Å². The maximum absolute atomic E-state index is 11.4. The molecule has 14 heavy (non-hydrogen) atoms. The van der Waals surface area contributed by atoms with E-state index in [2.05, 4.69) is 12.2 Å². The van der Waals surface area contributed by atoms with Crippen molar-refractivity contribution in [3.8, 4) is 0 Å². The third-order valence-electron chi connectivity index (χ3n) is 2.68. The molecule has 0 saturated heterocycles. The van der Waals surface area contributed by atoms with Gasteiger partial charge in [0.2, 0.25) is 5.91 Å². The Bertz CT molecular complexity index is 188. The van der Waals surface area contributed by atoms with E-state index in [9.17, 15) is 4.79 Å². The van der Waals surface area contributed by atoms with Gasteiger partial charge in [-0.05, 0) is 25.7 Å². The van der Waals surface area contributed by atoms with Gasteiger partial charge in [0.15, 0.2) is 0 Å². The lowest BCUT2D eigenvalue weighted by Gasteiger charge is -2.17. The lowest BCUT2D eigenvalue weighted by atomic mass is 10.1. The summed E-state index contributed by atoms with van der Waals surface area (Å²) in [5.74, 6) is 0.975. The van der Waals surface area contributed by atoms with Crippen molar-refractivity contribution >= 4 is 5.91 Å². The van der Waals surface area contributed by atoms with Gasteiger partial charge in [-0.25, -0.2) is 0 Å². The van der Waals surface area contributed by atoms with Crippen LogP contribution < -0.4 is 11.1 Å². The summed E-state index contributed by atoms with van der Waals surface area (Å²) in [7, 11) is 0. The maximum atomic E-state index is 11.4. The Morgan fingerprint density at radius 2 is 2.21 bits per heavy atom. The summed E-state index contributed by atoms with van der Waals surface area (Å²) >= 11 is 0. The number of amides is 1. The molecule has 3 nitrogen and oxygen atoms in total. The number of carbonyl (C=O) groups is 1. The Hall–Kier alpha value is -0.570. The molecule has 0 spiro atoms. The highest BCUT2D eigenvalue weighted by Crippen LogP contribution is 2.33. The van der Waals surface area contributed by atoms with Crippen molar-refractivity contribution in [1.82, 2.24) is 5.32 Å². The molecule has 1 saturated carbocycles. The molecule has 1 aliphatic carbocycles. The Morgan fingerprint density at radius 3 is 2.64 bits per heavy atom. The van der Waals surface area contributed by atoms with Gasteiger partial charge in [0.25, 0.3) is 0 Å². The van der Waals surface area contributed by atoms with Crippen LogP contribution in [0.3, 0.4) is 0 Å². The fourth-order valence-electron chi connectivity index (χ4n) is 1.66. The Kier molecular flexibility index (Phi) is 4.39. The molecule has 3 N–H and O–H groups in total. The average molecular weight is 198 g/mol. The zero-order valence-corrected chi connectivity index (χ0v) is 9.25. The van der Waals surface area contributed by atoms with E-state index in [1.54, 1.807) is 0 Å². The van der Waals surface area contributed by atoms with Crippen molar-refractivity contribution < 1.29 is 4.79 Å². The molecule has 0 aromatic carbocycles. The predicted octanol–water partition coefficient (Wildman–Crippen LogP) is 1.42. The van der Waals surface area contributed by atoms with Gasteiger partial charge < -0.3 is 11.1 Å². The molecule has 1 rings (SSSR count). The van der Waals surface area contributed by atoms with Crippen LogP contribution in [-0.4, -0.2) is 18.0 Å². The van der Waals surface area contributed by atoms with Crippen LogP contribution in [-0.2, 0) is 4.79 Å². The largest absolute Gasteiger partial charge is 0.353 e. The minimum Gasteiger partial charge on any atom is -0.353 e. The van der Waals surface area contributed by atoms with Crippen molar-refractivity contribution in [2.75, 3.05) is 0 Å². The molecule has 2 unspecified atom stereocenters. The highest BCUT2D eigenvalue weighted by atomic mass is 16.1. The normalized spacial score (nSPS) is 20.2. The van der Waals surface area contributed by atoms with E-state index in [1.807, 2.05) is 6.92 Å². The van der Waals surface area contributed by atoms with Crippen LogP contribution in [0.4, 0.5) is 0 Å². The SMILES string of the molecule is CCC(CC1CC1)NC(=O)CC(C)N. The summed E-state index contributed by atoms with van der Waals surface area (Å²) in [6.07, 6.45) is 5.32. The number of hydrogen-bond donors (Lipinski definition) is 2. The average Bonchev–Trinajstić information content (AvgIpc) is 2.85. The quantitative estimate of drug-likeness (QED) is 0.678. The third-order valence-corrected chi connectivity index (χ3v) is 2.68. The van der Waals surface area contributed by atoms with Gasteiger partial charge in [-0.15, -0.1) is 0 Å². The van der Waals surface area contributed by atoms with Crippen LogP contribution in [0.5, 0.6) is 0 Å². The van der Waals surface area contributed by atoms with Gasteiger partial charge in [0.1, 0.15) is 0 Å². The van der Waals surface area contributed by atoms with E-state index in [0.717, 1.165) is 18.8 Å². The minimum absolute atomic E-state index is 0.0339. The molecular weight excluding hydrogens is 176 g/mol. The van der Waals surface area contributed by atoms with E-state index in [1.165, 1.54) is 12.8 Å². The molecule has 1 fully saturated rings. The van der Waals surface area contributed by atoms with E-state index in [-0.39, 0.29) is 11.9 Å². The first-order valence-corrected chi connectivity index (χ1v) is 5.66. The molecular formula is C11H22N2O. The first kappa shape index (κ1) is 11.5. The van der Waals surface area contributed by atoms with Crippen molar-refractivity contribution in [2.24, 2.45) is 11.7 Å². The molecule has 0 aromatic heterocycles. The van der Waals surface area contributed by atoms with Gasteiger partial charge in [-0.3, -0.25) is 4.79 Å². The predicted molar refractivity (Wildman–Crippen MR) is 57.8 cm³/mol. The second kappa shape index (κ2) is 5.35. The smallest absolute Gasteiger partial charge is 0.221 e. The number of carbonyl (C=O) groups excluding carboxylic acids is 1. The number of rotatable bonds is 6. The van der Waals surface area contributed by atoms with Crippen LogP contribution >= 0.6 is 0 Å². The molecule has 3 heteroatoms. The van der Waals surface area contributed by atoms with E-state index in [4.69, 9.17) is 5.73 Å². The van der Waals surface area contributed by atoms with Crippen LogP contribution in [0.15, 0.2) is 0 Å². The number of nitrogens with two attached hydrogens (primary N) is 1. The molecule has 1 amide bonds. The van der Waals surface area contributed by atoms with Gasteiger partial charge in [-0.2, -0.15) is 0 Å². The fourth-order valence-corrected chi connectivity index (χ4v) is 1.66. The van der Waals surface area contributed by atoms with Crippen molar-refractivity contribution in [1.29, 1.82) is 0 Å². The summed E-state index contributed by atoms with van der Waals surface area (Å²) < 4.78 is 0. The van der Waals surface area contributed by atoms with Crippen molar-refractivity contribution in [3.05, 3.63) is 0 Å². The first-order chi connectivity index (χ1) is 6.61. The van der Waals surface area contributed by atoms with Gasteiger partial charge in [-0.1, -0.05) is 19.8 Å². The summed E-state index contributed by atoms with van der Waals surface area (Å²) in [6.45, 7) is 3.99. The fraction of sp³-hybridized carbons (Fsp3) is 0.909. The number of nitrogens with one attached hydrogen (secondary N) is 1. The molecule has 0 aliphatic heterocycles. The van der Waals surface area contributed by atoms with Gasteiger partial charge in [0, 0.05) is 18.5 Å². The summed E-state index contributed by atoms with van der Waals surface area (Å²) in [5.41, 5.74) is 5.56. The molecule has 0 bridgehead atoms. The topological polar surface area (TPSA) is 55.1 Å². The Labute approximate surface area is 86.4 Å².